The quantitative estimate of drug-likeness (QED) is 0.583. The Hall–Kier alpha value is 0.270. The van der Waals surface area contributed by atoms with Crippen LogP contribution >= 0.6 is 11.8 Å². The smallest absolute Gasteiger partial charge is 0.0615 e. The molecule has 0 spiro atoms. The van der Waals surface area contributed by atoms with E-state index >= 15 is 0 Å². The molecule has 0 fully saturated rings. The van der Waals surface area contributed by atoms with Gasteiger partial charge < -0.3 is 10.1 Å². The first-order chi connectivity index (χ1) is 6.35. The number of hydrogen-bond donors (Lipinski definition) is 1. The van der Waals surface area contributed by atoms with Crippen molar-refractivity contribution >= 4 is 11.8 Å². The van der Waals surface area contributed by atoms with Crippen LogP contribution in [0.3, 0.4) is 0 Å². The zero-order valence-electron chi connectivity index (χ0n) is 9.14. The van der Waals surface area contributed by atoms with Crippen molar-refractivity contribution in [1.29, 1.82) is 0 Å². The molecule has 13 heavy (non-hydrogen) atoms. The molecule has 0 aromatic rings. The third kappa shape index (κ3) is 8.60. The van der Waals surface area contributed by atoms with Crippen LogP contribution in [0.1, 0.15) is 26.7 Å². The highest BCUT2D eigenvalue weighted by molar-refractivity contribution is 7.99. The minimum atomic E-state index is 0.539. The van der Waals surface area contributed by atoms with E-state index in [-0.39, 0.29) is 0 Å². The summed E-state index contributed by atoms with van der Waals surface area (Å²) in [7, 11) is 1.76. The summed E-state index contributed by atoms with van der Waals surface area (Å²) in [6, 6.07) is 0.539. The van der Waals surface area contributed by atoms with E-state index in [0.29, 0.717) is 6.04 Å². The van der Waals surface area contributed by atoms with E-state index in [0.717, 1.165) is 19.6 Å². The highest BCUT2D eigenvalue weighted by Gasteiger charge is 2.02. The first kappa shape index (κ1) is 13.3. The third-order valence-corrected chi connectivity index (χ3v) is 2.95. The molecule has 0 aromatic heterocycles. The van der Waals surface area contributed by atoms with Gasteiger partial charge in [0.25, 0.3) is 0 Å². The molecule has 0 saturated heterocycles. The molecule has 0 radical (unpaired) electrons. The summed E-state index contributed by atoms with van der Waals surface area (Å²) >= 11 is 2.01. The summed E-state index contributed by atoms with van der Waals surface area (Å²) in [5, 5.41) is 3.49. The Labute approximate surface area is 86.8 Å². The number of hydrogen-bond acceptors (Lipinski definition) is 3. The number of nitrogens with one attached hydrogen (secondary N) is 1. The Morgan fingerprint density at radius 1 is 1.38 bits per heavy atom. The minimum Gasteiger partial charge on any atom is -0.383 e. The zero-order chi connectivity index (χ0) is 9.94. The molecule has 1 atom stereocenters. The van der Waals surface area contributed by atoms with E-state index in [9.17, 15) is 0 Å². The lowest BCUT2D eigenvalue weighted by Gasteiger charge is -2.15. The van der Waals surface area contributed by atoms with Crippen molar-refractivity contribution in [2.45, 2.75) is 32.7 Å². The molecule has 0 amide bonds. The Bertz CT molecular complexity index is 101. The van der Waals surface area contributed by atoms with E-state index in [1.165, 1.54) is 17.9 Å². The van der Waals surface area contributed by atoms with E-state index in [2.05, 4.69) is 19.2 Å². The summed E-state index contributed by atoms with van der Waals surface area (Å²) in [5.41, 5.74) is 0. The van der Waals surface area contributed by atoms with E-state index < -0.39 is 0 Å². The van der Waals surface area contributed by atoms with Gasteiger partial charge in [-0.2, -0.15) is 11.8 Å². The van der Waals surface area contributed by atoms with Crippen molar-refractivity contribution in [3.8, 4) is 0 Å². The Balaban J connectivity index is 3.17. The molecule has 0 aliphatic carbocycles. The molecule has 0 heterocycles. The molecule has 2 nitrogen and oxygen atoms in total. The Kier molecular flexibility index (Phi) is 10.6. The number of ether oxygens (including phenoxy) is 1. The molecule has 0 saturated carbocycles. The van der Waals surface area contributed by atoms with Crippen LogP contribution in [0, 0.1) is 0 Å². The van der Waals surface area contributed by atoms with Gasteiger partial charge in [0, 0.05) is 13.2 Å². The highest BCUT2D eigenvalue weighted by Crippen LogP contribution is 2.00. The average molecular weight is 205 g/mol. The van der Waals surface area contributed by atoms with Gasteiger partial charge in [-0.25, -0.2) is 0 Å². The van der Waals surface area contributed by atoms with Crippen molar-refractivity contribution < 1.29 is 4.74 Å². The fraction of sp³-hybridized carbons (Fsp3) is 1.00. The van der Waals surface area contributed by atoms with Gasteiger partial charge in [0.05, 0.1) is 6.61 Å². The van der Waals surface area contributed by atoms with Crippen LogP contribution in [0.15, 0.2) is 0 Å². The van der Waals surface area contributed by atoms with Crippen molar-refractivity contribution in [3.63, 3.8) is 0 Å². The standard InChI is InChI=1S/C10H23NOS/c1-4-10(9-12-3)11-7-6-8-13-5-2/h10-11H,4-9H2,1-3H3. The molecule has 0 aliphatic rings. The fourth-order valence-electron chi connectivity index (χ4n) is 1.15. The van der Waals surface area contributed by atoms with Gasteiger partial charge in [0.15, 0.2) is 0 Å². The number of rotatable bonds is 9. The maximum atomic E-state index is 5.11. The second kappa shape index (κ2) is 10.4. The molecule has 1 N–H and O–H groups in total. The lowest BCUT2D eigenvalue weighted by atomic mass is 10.2. The molecule has 0 aromatic carbocycles. The topological polar surface area (TPSA) is 21.3 Å². The lowest BCUT2D eigenvalue weighted by Crippen LogP contribution is -2.33. The molecule has 0 bridgehead atoms. The number of methoxy groups -OCH3 is 1. The molecular formula is C10H23NOS. The predicted octanol–water partition coefficient (Wildman–Crippen LogP) is 2.14. The van der Waals surface area contributed by atoms with Crippen LogP contribution in [-0.2, 0) is 4.74 Å². The first-order valence-corrected chi connectivity index (χ1v) is 6.30. The minimum absolute atomic E-state index is 0.539. The molecule has 1 unspecified atom stereocenters. The summed E-state index contributed by atoms with van der Waals surface area (Å²) in [5.74, 6) is 2.50. The molecular weight excluding hydrogens is 182 g/mol. The maximum absolute atomic E-state index is 5.11. The second-order valence-electron chi connectivity index (χ2n) is 3.07. The molecule has 0 rings (SSSR count). The van der Waals surface area contributed by atoms with Crippen LogP contribution in [0.5, 0.6) is 0 Å². The lowest BCUT2D eigenvalue weighted by molar-refractivity contribution is 0.164. The third-order valence-electron chi connectivity index (χ3n) is 1.96. The monoisotopic (exact) mass is 205 g/mol. The van der Waals surface area contributed by atoms with Crippen LogP contribution in [0.25, 0.3) is 0 Å². The maximum Gasteiger partial charge on any atom is 0.0615 e. The zero-order valence-corrected chi connectivity index (χ0v) is 9.95. The van der Waals surface area contributed by atoms with Gasteiger partial charge in [-0.3, -0.25) is 0 Å². The summed E-state index contributed by atoms with van der Waals surface area (Å²) in [6.45, 7) is 6.35. The van der Waals surface area contributed by atoms with Gasteiger partial charge >= 0.3 is 0 Å². The van der Waals surface area contributed by atoms with Gasteiger partial charge in [0.2, 0.25) is 0 Å². The Morgan fingerprint density at radius 2 is 2.15 bits per heavy atom. The van der Waals surface area contributed by atoms with E-state index in [1.54, 1.807) is 7.11 Å². The van der Waals surface area contributed by atoms with Crippen LogP contribution < -0.4 is 5.32 Å². The van der Waals surface area contributed by atoms with E-state index in [1.807, 2.05) is 11.8 Å². The van der Waals surface area contributed by atoms with E-state index in [4.69, 9.17) is 4.74 Å². The summed E-state index contributed by atoms with van der Waals surface area (Å²) in [6.07, 6.45) is 2.41. The molecule has 0 aliphatic heterocycles. The normalized spacial score (nSPS) is 13.2. The summed E-state index contributed by atoms with van der Waals surface area (Å²) in [4.78, 5) is 0. The number of thioether (sulfide) groups is 1. The van der Waals surface area contributed by atoms with Crippen LogP contribution in [0.2, 0.25) is 0 Å². The van der Waals surface area contributed by atoms with Gasteiger partial charge in [-0.15, -0.1) is 0 Å². The summed E-state index contributed by atoms with van der Waals surface area (Å²) < 4.78 is 5.11. The van der Waals surface area contributed by atoms with Crippen LogP contribution in [0.4, 0.5) is 0 Å². The largest absolute Gasteiger partial charge is 0.383 e. The average Bonchev–Trinajstić information content (AvgIpc) is 2.16. The molecule has 3 heteroatoms. The van der Waals surface area contributed by atoms with Crippen molar-refractivity contribution in [2.24, 2.45) is 0 Å². The molecule has 80 valence electrons. The van der Waals surface area contributed by atoms with Crippen LogP contribution in [-0.4, -0.2) is 37.8 Å². The van der Waals surface area contributed by atoms with Crippen molar-refractivity contribution in [3.05, 3.63) is 0 Å². The SMILES string of the molecule is CCSCCCNC(CC)COC. The first-order valence-electron chi connectivity index (χ1n) is 5.15. The van der Waals surface area contributed by atoms with Gasteiger partial charge in [0.1, 0.15) is 0 Å². The Morgan fingerprint density at radius 3 is 2.69 bits per heavy atom. The highest BCUT2D eigenvalue weighted by atomic mass is 32.2. The fourth-order valence-corrected chi connectivity index (χ4v) is 1.78. The van der Waals surface area contributed by atoms with Crippen molar-refractivity contribution in [2.75, 3.05) is 31.8 Å². The van der Waals surface area contributed by atoms with Gasteiger partial charge in [-0.05, 0) is 30.9 Å². The van der Waals surface area contributed by atoms with Gasteiger partial charge in [-0.1, -0.05) is 13.8 Å². The predicted molar refractivity (Wildman–Crippen MR) is 61.6 cm³/mol. The second-order valence-corrected chi connectivity index (χ2v) is 4.46. The van der Waals surface area contributed by atoms with Crippen molar-refractivity contribution in [1.82, 2.24) is 5.32 Å².